The Morgan fingerprint density at radius 2 is 2.00 bits per heavy atom. The van der Waals surface area contributed by atoms with Crippen LogP contribution < -0.4 is 5.73 Å². The Labute approximate surface area is 123 Å². The van der Waals surface area contributed by atoms with Gasteiger partial charge < -0.3 is 10.3 Å². The number of rotatable bonds is 5. The van der Waals surface area contributed by atoms with Crippen molar-refractivity contribution in [1.29, 1.82) is 0 Å². The van der Waals surface area contributed by atoms with E-state index in [1.165, 1.54) is 18.6 Å². The predicted octanol–water partition coefficient (Wildman–Crippen LogP) is 4.80. The molecule has 0 aliphatic rings. The molecule has 1 atom stereocenters. The van der Waals surface area contributed by atoms with E-state index in [0.29, 0.717) is 22.9 Å². The Morgan fingerprint density at radius 3 is 2.65 bits per heavy atom. The molecular weight excluding hydrogens is 277 g/mol. The zero-order valence-corrected chi connectivity index (χ0v) is 12.9. The van der Waals surface area contributed by atoms with E-state index in [9.17, 15) is 4.39 Å². The monoisotopic (exact) mass is 297 g/mol. The second-order valence-corrected chi connectivity index (χ2v) is 6.18. The van der Waals surface area contributed by atoms with Crippen molar-refractivity contribution in [3.63, 3.8) is 0 Å². The average Bonchev–Trinajstić information content (AvgIpc) is 2.64. The Hall–Kier alpha value is -1.29. The first-order valence-corrected chi connectivity index (χ1v) is 7.40. The van der Waals surface area contributed by atoms with Crippen LogP contribution in [0, 0.1) is 11.7 Å². The molecule has 0 bridgehead atoms. The summed E-state index contributed by atoms with van der Waals surface area (Å²) < 4.78 is 15.5. The van der Waals surface area contributed by atoms with E-state index in [1.54, 1.807) is 0 Å². The topological polar surface area (TPSA) is 43.8 Å². The standard InChI is InChI=1S/C15H21ClFN3/c1-9(2)5-4-6-10(3)20-14-8-12(17)11(16)7-13(14)19-15(20)18/h7-10H,4-6H2,1-3H3,(H2,18,19). The van der Waals surface area contributed by atoms with E-state index < -0.39 is 5.82 Å². The lowest BCUT2D eigenvalue weighted by Crippen LogP contribution is -2.09. The van der Waals surface area contributed by atoms with Crippen molar-refractivity contribution in [3.8, 4) is 0 Å². The minimum absolute atomic E-state index is 0.0783. The van der Waals surface area contributed by atoms with Gasteiger partial charge in [0.2, 0.25) is 5.95 Å². The number of imidazole rings is 1. The fourth-order valence-corrected chi connectivity index (χ4v) is 2.68. The smallest absolute Gasteiger partial charge is 0.201 e. The summed E-state index contributed by atoms with van der Waals surface area (Å²) in [5.74, 6) is 0.670. The molecule has 1 heterocycles. The van der Waals surface area contributed by atoms with Crippen molar-refractivity contribution < 1.29 is 4.39 Å². The van der Waals surface area contributed by atoms with E-state index in [2.05, 4.69) is 25.8 Å². The van der Waals surface area contributed by atoms with Crippen LogP contribution in [0.3, 0.4) is 0 Å². The van der Waals surface area contributed by atoms with Crippen LogP contribution in [0.25, 0.3) is 11.0 Å². The summed E-state index contributed by atoms with van der Waals surface area (Å²) in [7, 11) is 0. The Balaban J connectivity index is 2.28. The van der Waals surface area contributed by atoms with Gasteiger partial charge in [0.1, 0.15) is 5.82 Å². The molecule has 0 saturated carbocycles. The third-order valence-corrected chi connectivity index (χ3v) is 3.89. The molecule has 20 heavy (non-hydrogen) atoms. The maximum atomic E-state index is 13.6. The van der Waals surface area contributed by atoms with Gasteiger partial charge >= 0.3 is 0 Å². The molecule has 0 saturated heterocycles. The first-order valence-electron chi connectivity index (χ1n) is 7.02. The maximum absolute atomic E-state index is 13.6. The van der Waals surface area contributed by atoms with Crippen molar-refractivity contribution >= 4 is 28.6 Å². The molecule has 0 aliphatic heterocycles. The normalized spacial score (nSPS) is 13.3. The number of hydrogen-bond donors (Lipinski definition) is 1. The summed E-state index contributed by atoms with van der Waals surface area (Å²) >= 11 is 5.78. The summed E-state index contributed by atoms with van der Waals surface area (Å²) in [5.41, 5.74) is 7.33. The number of fused-ring (bicyclic) bond motifs is 1. The third-order valence-electron chi connectivity index (χ3n) is 3.60. The lowest BCUT2D eigenvalue weighted by molar-refractivity contribution is 0.457. The van der Waals surface area contributed by atoms with E-state index in [0.717, 1.165) is 12.8 Å². The van der Waals surface area contributed by atoms with Gasteiger partial charge in [-0.1, -0.05) is 38.3 Å². The van der Waals surface area contributed by atoms with Gasteiger partial charge in [-0.3, -0.25) is 0 Å². The van der Waals surface area contributed by atoms with E-state index in [1.807, 2.05) is 4.57 Å². The van der Waals surface area contributed by atoms with Crippen LogP contribution in [0.4, 0.5) is 10.3 Å². The van der Waals surface area contributed by atoms with Gasteiger partial charge in [-0.2, -0.15) is 0 Å². The van der Waals surface area contributed by atoms with E-state index >= 15 is 0 Å². The Kier molecular flexibility index (Phi) is 4.53. The van der Waals surface area contributed by atoms with Crippen molar-refractivity contribution in [1.82, 2.24) is 9.55 Å². The summed E-state index contributed by atoms with van der Waals surface area (Å²) in [6, 6.07) is 3.14. The number of halogens is 2. The fraction of sp³-hybridized carbons (Fsp3) is 0.533. The van der Waals surface area contributed by atoms with Gasteiger partial charge in [-0.05, 0) is 25.3 Å². The van der Waals surface area contributed by atoms with Gasteiger partial charge in [0, 0.05) is 12.1 Å². The number of nitrogens with two attached hydrogens (primary N) is 1. The van der Waals surface area contributed by atoms with Crippen LogP contribution in [0.2, 0.25) is 5.02 Å². The fourth-order valence-electron chi connectivity index (χ4n) is 2.52. The van der Waals surface area contributed by atoms with Crippen LogP contribution in [-0.2, 0) is 0 Å². The molecule has 2 N–H and O–H groups in total. The van der Waals surface area contributed by atoms with Gasteiger partial charge in [0.15, 0.2) is 0 Å². The van der Waals surface area contributed by atoms with E-state index in [4.69, 9.17) is 17.3 Å². The molecule has 1 aromatic heterocycles. The highest BCUT2D eigenvalue weighted by Gasteiger charge is 2.16. The average molecular weight is 298 g/mol. The highest BCUT2D eigenvalue weighted by atomic mass is 35.5. The number of aromatic nitrogens is 2. The predicted molar refractivity (Wildman–Crippen MR) is 82.5 cm³/mol. The molecule has 0 fully saturated rings. The van der Waals surface area contributed by atoms with Crippen LogP contribution in [0.1, 0.15) is 46.1 Å². The SMILES string of the molecule is CC(C)CCCC(C)n1c(N)nc2cc(Cl)c(F)cc21. The van der Waals surface area contributed by atoms with Crippen molar-refractivity contribution in [3.05, 3.63) is 23.0 Å². The molecular formula is C15H21ClFN3. The Bertz CT molecular complexity index is 607. The molecule has 0 spiro atoms. The first kappa shape index (κ1) is 15.1. The largest absolute Gasteiger partial charge is 0.369 e. The van der Waals surface area contributed by atoms with Crippen molar-refractivity contribution in [2.45, 2.75) is 46.1 Å². The van der Waals surface area contributed by atoms with Gasteiger partial charge in [-0.15, -0.1) is 0 Å². The first-order chi connectivity index (χ1) is 9.40. The summed E-state index contributed by atoms with van der Waals surface area (Å²) in [6.07, 6.45) is 3.29. The zero-order chi connectivity index (χ0) is 14.9. The second kappa shape index (κ2) is 6.00. The minimum atomic E-state index is -0.435. The highest BCUT2D eigenvalue weighted by molar-refractivity contribution is 6.31. The van der Waals surface area contributed by atoms with Crippen LogP contribution in [0.15, 0.2) is 12.1 Å². The Morgan fingerprint density at radius 1 is 1.30 bits per heavy atom. The molecule has 1 aromatic carbocycles. The number of benzene rings is 1. The van der Waals surface area contributed by atoms with Gasteiger partial charge in [0.05, 0.1) is 16.1 Å². The van der Waals surface area contributed by atoms with Crippen LogP contribution >= 0.6 is 11.6 Å². The quantitative estimate of drug-likeness (QED) is 0.861. The van der Waals surface area contributed by atoms with Gasteiger partial charge in [0.25, 0.3) is 0 Å². The zero-order valence-electron chi connectivity index (χ0n) is 12.2. The molecule has 0 radical (unpaired) electrons. The minimum Gasteiger partial charge on any atom is -0.369 e. The van der Waals surface area contributed by atoms with Crippen molar-refractivity contribution in [2.75, 3.05) is 5.73 Å². The van der Waals surface area contributed by atoms with Gasteiger partial charge in [-0.25, -0.2) is 9.37 Å². The summed E-state index contributed by atoms with van der Waals surface area (Å²) in [4.78, 5) is 4.27. The van der Waals surface area contributed by atoms with Crippen LogP contribution in [-0.4, -0.2) is 9.55 Å². The summed E-state index contributed by atoms with van der Waals surface area (Å²) in [5, 5.41) is 0.0783. The molecule has 0 aliphatic carbocycles. The molecule has 5 heteroatoms. The highest BCUT2D eigenvalue weighted by Crippen LogP contribution is 2.29. The van der Waals surface area contributed by atoms with Crippen molar-refractivity contribution in [2.24, 2.45) is 5.92 Å². The molecule has 2 aromatic rings. The second-order valence-electron chi connectivity index (χ2n) is 5.77. The lowest BCUT2D eigenvalue weighted by atomic mass is 10.0. The molecule has 110 valence electrons. The number of nitrogen functional groups attached to an aromatic ring is 1. The summed E-state index contributed by atoms with van der Waals surface area (Å²) in [6.45, 7) is 6.51. The molecule has 0 amide bonds. The number of anilines is 1. The number of hydrogen-bond acceptors (Lipinski definition) is 2. The molecule has 2 rings (SSSR count). The third kappa shape index (κ3) is 3.06. The molecule has 3 nitrogen and oxygen atoms in total. The number of nitrogens with zero attached hydrogens (tertiary/aromatic N) is 2. The molecule has 1 unspecified atom stereocenters. The lowest BCUT2D eigenvalue weighted by Gasteiger charge is -2.16. The van der Waals surface area contributed by atoms with E-state index in [-0.39, 0.29) is 11.1 Å². The maximum Gasteiger partial charge on any atom is 0.201 e. The van der Waals surface area contributed by atoms with Crippen LogP contribution in [0.5, 0.6) is 0 Å².